The summed E-state index contributed by atoms with van der Waals surface area (Å²) < 4.78 is 10.7. The van der Waals surface area contributed by atoms with E-state index in [1.807, 2.05) is 14.0 Å². The number of halogens is 1. The van der Waals surface area contributed by atoms with Crippen LogP contribution in [0.1, 0.15) is 31.5 Å². The van der Waals surface area contributed by atoms with E-state index in [0.717, 1.165) is 38.2 Å². The minimum Gasteiger partial charge on any atom is -0.379 e. The molecule has 1 heterocycles. The molecule has 0 atom stereocenters. The standard InChI is InChI=1S/C14H25N5O2.HI/c1-4-15-14(16-9-13-17-11(2)18-21-13)19(3)7-8-20-10-12-5-6-12;/h12H,4-10H2,1-3H3,(H,15,16);1H. The topological polar surface area (TPSA) is 75.8 Å². The van der Waals surface area contributed by atoms with Crippen molar-refractivity contribution in [1.82, 2.24) is 20.4 Å². The zero-order valence-electron chi connectivity index (χ0n) is 13.5. The fraction of sp³-hybridized carbons (Fsp3) is 0.786. The second-order valence-electron chi connectivity index (χ2n) is 5.35. The summed E-state index contributed by atoms with van der Waals surface area (Å²) in [6.07, 6.45) is 2.65. The van der Waals surface area contributed by atoms with Crippen LogP contribution in [0.3, 0.4) is 0 Å². The van der Waals surface area contributed by atoms with E-state index in [1.165, 1.54) is 12.8 Å². The van der Waals surface area contributed by atoms with E-state index in [4.69, 9.17) is 9.26 Å². The van der Waals surface area contributed by atoms with Crippen LogP contribution >= 0.6 is 24.0 Å². The number of nitrogens with zero attached hydrogens (tertiary/aromatic N) is 4. The third-order valence-electron chi connectivity index (χ3n) is 3.25. The number of rotatable bonds is 8. The average Bonchev–Trinajstić information content (AvgIpc) is 3.20. The van der Waals surface area contributed by atoms with Gasteiger partial charge < -0.3 is 19.5 Å². The monoisotopic (exact) mass is 423 g/mol. The van der Waals surface area contributed by atoms with Gasteiger partial charge in [-0.15, -0.1) is 24.0 Å². The zero-order chi connectivity index (χ0) is 15.1. The molecular formula is C14H26IN5O2. The van der Waals surface area contributed by atoms with Gasteiger partial charge in [-0.25, -0.2) is 4.99 Å². The van der Waals surface area contributed by atoms with E-state index in [0.29, 0.717) is 18.3 Å². The first-order valence-electron chi connectivity index (χ1n) is 7.55. The maximum atomic E-state index is 5.66. The highest BCUT2D eigenvalue weighted by atomic mass is 127. The van der Waals surface area contributed by atoms with Gasteiger partial charge in [-0.05, 0) is 32.6 Å². The molecule has 0 radical (unpaired) electrons. The van der Waals surface area contributed by atoms with Crippen LogP contribution < -0.4 is 5.32 Å². The molecule has 1 fully saturated rings. The smallest absolute Gasteiger partial charge is 0.248 e. The second kappa shape index (κ2) is 9.98. The lowest BCUT2D eigenvalue weighted by Crippen LogP contribution is -2.40. The van der Waals surface area contributed by atoms with Crippen LogP contribution in [0.4, 0.5) is 0 Å². The normalized spacial score (nSPS) is 14.6. The third-order valence-corrected chi connectivity index (χ3v) is 3.25. The van der Waals surface area contributed by atoms with Crippen LogP contribution in [0, 0.1) is 12.8 Å². The number of hydrogen-bond acceptors (Lipinski definition) is 5. The van der Waals surface area contributed by atoms with Crippen molar-refractivity contribution in [2.24, 2.45) is 10.9 Å². The molecule has 0 aromatic carbocycles. The number of aromatic nitrogens is 2. The first-order valence-corrected chi connectivity index (χ1v) is 7.55. The van der Waals surface area contributed by atoms with Gasteiger partial charge in [0.2, 0.25) is 5.89 Å². The van der Waals surface area contributed by atoms with Crippen LogP contribution in [0.5, 0.6) is 0 Å². The molecule has 1 aliphatic rings. The van der Waals surface area contributed by atoms with Crippen molar-refractivity contribution in [2.75, 3.05) is 33.4 Å². The van der Waals surface area contributed by atoms with Crippen molar-refractivity contribution < 1.29 is 9.26 Å². The summed E-state index contributed by atoms with van der Waals surface area (Å²) in [6, 6.07) is 0. The minimum atomic E-state index is 0. The number of aryl methyl sites for hydroxylation is 1. The van der Waals surface area contributed by atoms with Crippen molar-refractivity contribution in [3.05, 3.63) is 11.7 Å². The Kier molecular flexibility index (Phi) is 8.69. The Morgan fingerprint density at radius 2 is 2.27 bits per heavy atom. The fourth-order valence-corrected chi connectivity index (χ4v) is 1.86. The number of hydrogen-bond donors (Lipinski definition) is 1. The van der Waals surface area contributed by atoms with Gasteiger partial charge in [-0.1, -0.05) is 5.16 Å². The summed E-state index contributed by atoms with van der Waals surface area (Å²) in [5.41, 5.74) is 0. The van der Waals surface area contributed by atoms with E-state index < -0.39 is 0 Å². The molecule has 1 aromatic rings. The number of likely N-dealkylation sites (N-methyl/N-ethyl adjacent to an activating group) is 1. The van der Waals surface area contributed by atoms with Crippen LogP contribution in [0.2, 0.25) is 0 Å². The minimum absolute atomic E-state index is 0. The van der Waals surface area contributed by atoms with Gasteiger partial charge in [-0.3, -0.25) is 0 Å². The molecule has 8 heteroatoms. The SMILES string of the molecule is CCNC(=NCc1nc(C)no1)N(C)CCOCC1CC1.I. The van der Waals surface area contributed by atoms with Crippen LogP contribution in [0.15, 0.2) is 9.52 Å². The lowest BCUT2D eigenvalue weighted by Gasteiger charge is -2.21. The largest absolute Gasteiger partial charge is 0.379 e. The fourth-order valence-electron chi connectivity index (χ4n) is 1.86. The van der Waals surface area contributed by atoms with Gasteiger partial charge in [0.1, 0.15) is 6.54 Å². The molecule has 0 aliphatic heterocycles. The summed E-state index contributed by atoms with van der Waals surface area (Å²) >= 11 is 0. The Labute approximate surface area is 148 Å². The van der Waals surface area contributed by atoms with Gasteiger partial charge in [-0.2, -0.15) is 4.98 Å². The summed E-state index contributed by atoms with van der Waals surface area (Å²) in [5.74, 6) is 2.79. The number of nitrogens with one attached hydrogen (secondary N) is 1. The highest BCUT2D eigenvalue weighted by Crippen LogP contribution is 2.28. The Bertz CT molecular complexity index is 462. The molecule has 0 unspecified atom stereocenters. The van der Waals surface area contributed by atoms with Crippen LogP contribution in [-0.2, 0) is 11.3 Å². The van der Waals surface area contributed by atoms with E-state index in [1.54, 1.807) is 6.92 Å². The van der Waals surface area contributed by atoms with Crippen molar-refractivity contribution in [3.8, 4) is 0 Å². The van der Waals surface area contributed by atoms with E-state index in [2.05, 4.69) is 25.3 Å². The lowest BCUT2D eigenvalue weighted by molar-refractivity contribution is 0.115. The van der Waals surface area contributed by atoms with Gasteiger partial charge in [0.05, 0.1) is 6.61 Å². The molecule has 0 saturated heterocycles. The molecular weight excluding hydrogens is 397 g/mol. The molecule has 1 N–H and O–H groups in total. The Hall–Kier alpha value is -0.900. The Morgan fingerprint density at radius 1 is 1.50 bits per heavy atom. The predicted molar refractivity (Wildman–Crippen MR) is 95.4 cm³/mol. The summed E-state index contributed by atoms with van der Waals surface area (Å²) in [7, 11) is 2.00. The quantitative estimate of drug-likeness (QED) is 0.298. The van der Waals surface area contributed by atoms with Crippen molar-refractivity contribution in [2.45, 2.75) is 33.2 Å². The highest BCUT2D eigenvalue weighted by Gasteiger charge is 2.21. The van der Waals surface area contributed by atoms with Gasteiger partial charge in [0.25, 0.3) is 0 Å². The molecule has 0 bridgehead atoms. The molecule has 0 amide bonds. The molecule has 22 heavy (non-hydrogen) atoms. The van der Waals surface area contributed by atoms with Gasteiger partial charge in [0.15, 0.2) is 11.8 Å². The van der Waals surface area contributed by atoms with Crippen LogP contribution in [-0.4, -0.2) is 54.4 Å². The number of ether oxygens (including phenoxy) is 1. The highest BCUT2D eigenvalue weighted by molar-refractivity contribution is 14.0. The van der Waals surface area contributed by atoms with Gasteiger partial charge in [0, 0.05) is 26.7 Å². The molecule has 2 rings (SSSR count). The van der Waals surface area contributed by atoms with E-state index in [9.17, 15) is 0 Å². The van der Waals surface area contributed by atoms with Crippen LogP contribution in [0.25, 0.3) is 0 Å². The number of guanidine groups is 1. The average molecular weight is 423 g/mol. The third kappa shape index (κ3) is 6.91. The molecule has 126 valence electrons. The zero-order valence-corrected chi connectivity index (χ0v) is 15.9. The Balaban J connectivity index is 0.00000242. The predicted octanol–water partition coefficient (Wildman–Crippen LogP) is 1.82. The first-order chi connectivity index (χ1) is 10.2. The van der Waals surface area contributed by atoms with E-state index in [-0.39, 0.29) is 24.0 Å². The summed E-state index contributed by atoms with van der Waals surface area (Å²) in [5, 5.41) is 7.01. The molecule has 1 saturated carbocycles. The summed E-state index contributed by atoms with van der Waals surface area (Å²) in [4.78, 5) is 10.7. The van der Waals surface area contributed by atoms with Gasteiger partial charge >= 0.3 is 0 Å². The second-order valence-corrected chi connectivity index (χ2v) is 5.35. The molecule has 0 spiro atoms. The van der Waals surface area contributed by atoms with Crippen molar-refractivity contribution in [1.29, 1.82) is 0 Å². The maximum absolute atomic E-state index is 5.66. The molecule has 1 aliphatic carbocycles. The van der Waals surface area contributed by atoms with E-state index >= 15 is 0 Å². The summed E-state index contributed by atoms with van der Waals surface area (Å²) in [6.45, 7) is 7.46. The molecule has 1 aromatic heterocycles. The van der Waals surface area contributed by atoms with Crippen molar-refractivity contribution >= 4 is 29.9 Å². The first kappa shape index (κ1) is 19.1. The Morgan fingerprint density at radius 3 is 2.86 bits per heavy atom. The lowest BCUT2D eigenvalue weighted by atomic mass is 10.5. The maximum Gasteiger partial charge on any atom is 0.248 e. The number of aliphatic imine (C=N–C) groups is 1. The molecule has 7 nitrogen and oxygen atoms in total. The van der Waals surface area contributed by atoms with Crippen molar-refractivity contribution in [3.63, 3.8) is 0 Å².